The molecular weight excluding hydrogens is 379 g/mol. The SMILES string of the molecule is C=C[CH2][Zr]([CH2]C=C)([CH]1C=Cc2ccccc21)[CH]1C=Cc2ccccc21. The number of hydrogen-bond donors (Lipinski definition) is 0. The first kappa shape index (κ1) is 16.7. The summed E-state index contributed by atoms with van der Waals surface area (Å²) in [6, 6.07) is 17.9. The van der Waals surface area contributed by atoms with Gasteiger partial charge in [0.1, 0.15) is 0 Å². The Labute approximate surface area is 155 Å². The summed E-state index contributed by atoms with van der Waals surface area (Å²) in [4.78, 5) is 0. The van der Waals surface area contributed by atoms with Crippen LogP contribution in [0.1, 0.15) is 29.5 Å². The van der Waals surface area contributed by atoms with Crippen LogP contribution in [0.2, 0.25) is 8.26 Å². The molecule has 124 valence electrons. The molecule has 2 unspecified atom stereocenters. The van der Waals surface area contributed by atoms with Crippen LogP contribution < -0.4 is 0 Å². The van der Waals surface area contributed by atoms with Gasteiger partial charge in [-0.1, -0.05) is 0 Å². The molecule has 25 heavy (non-hydrogen) atoms. The number of rotatable bonds is 6. The molecular formula is C24H24Zr. The average Bonchev–Trinajstić information content (AvgIpc) is 3.26. The molecule has 0 radical (unpaired) electrons. The zero-order chi connectivity index (χ0) is 17.3. The van der Waals surface area contributed by atoms with Crippen LogP contribution in [0.5, 0.6) is 0 Å². The Hall–Kier alpha value is -1.72. The molecule has 0 nitrogen and oxygen atoms in total. The molecule has 0 bridgehead atoms. The molecule has 1 heteroatoms. The second kappa shape index (κ2) is 6.89. The summed E-state index contributed by atoms with van der Waals surface area (Å²) in [6.45, 7) is 8.31. The standard InChI is InChI=1S/2C9H7.2C3H5.Zr/c2*1-2-5-9-7-3-6-8(9)4-1;2*1-3-2;/h2*1-7H;2*3H,1-2H2;. The van der Waals surface area contributed by atoms with E-state index < -0.39 is 20.3 Å². The van der Waals surface area contributed by atoms with Crippen molar-refractivity contribution >= 4 is 12.2 Å². The summed E-state index contributed by atoms with van der Waals surface area (Å²) < 4.78 is 3.52. The maximum absolute atomic E-state index is 4.15. The molecule has 2 aliphatic carbocycles. The van der Waals surface area contributed by atoms with Crippen LogP contribution in [0.3, 0.4) is 0 Å². The molecule has 0 heterocycles. The first-order chi connectivity index (χ1) is 12.3. The van der Waals surface area contributed by atoms with Crippen molar-refractivity contribution in [2.24, 2.45) is 0 Å². The van der Waals surface area contributed by atoms with E-state index in [2.05, 4.69) is 98.1 Å². The minimum absolute atomic E-state index is 0.585. The summed E-state index contributed by atoms with van der Waals surface area (Å²) >= 11 is -2.80. The fourth-order valence-electron chi connectivity index (χ4n) is 4.82. The van der Waals surface area contributed by atoms with Gasteiger partial charge >= 0.3 is 156 Å². The Balaban J connectivity index is 1.87. The van der Waals surface area contributed by atoms with E-state index in [0.717, 1.165) is 0 Å². The van der Waals surface area contributed by atoms with E-state index in [1.165, 1.54) is 30.5 Å². The average molecular weight is 404 g/mol. The third-order valence-electron chi connectivity index (χ3n) is 5.89. The van der Waals surface area contributed by atoms with E-state index in [-0.39, 0.29) is 0 Å². The number of fused-ring (bicyclic) bond motifs is 2. The van der Waals surface area contributed by atoms with Gasteiger partial charge in [-0.3, -0.25) is 0 Å². The first-order valence-corrected chi connectivity index (χ1v) is 15.4. The van der Waals surface area contributed by atoms with Gasteiger partial charge in [-0.05, 0) is 0 Å². The normalized spacial score (nSPS) is 20.3. The third-order valence-corrected chi connectivity index (χ3v) is 19.6. The minimum atomic E-state index is -2.80. The quantitative estimate of drug-likeness (QED) is 0.461. The van der Waals surface area contributed by atoms with Crippen molar-refractivity contribution in [1.29, 1.82) is 0 Å². The van der Waals surface area contributed by atoms with Gasteiger partial charge in [0.05, 0.1) is 0 Å². The van der Waals surface area contributed by atoms with E-state index in [1.807, 2.05) is 0 Å². The number of allylic oxidation sites excluding steroid dienone is 4. The van der Waals surface area contributed by atoms with Gasteiger partial charge in [-0.25, -0.2) is 0 Å². The van der Waals surface area contributed by atoms with Crippen LogP contribution in [0.15, 0.2) is 86.0 Å². The van der Waals surface area contributed by atoms with E-state index in [1.54, 1.807) is 0 Å². The molecule has 4 rings (SSSR count). The fourth-order valence-corrected chi connectivity index (χ4v) is 18.0. The molecule has 0 aromatic heterocycles. The second-order valence-corrected chi connectivity index (χ2v) is 18.3. The Morgan fingerprint density at radius 3 is 1.60 bits per heavy atom. The Morgan fingerprint density at radius 2 is 1.16 bits per heavy atom. The van der Waals surface area contributed by atoms with Crippen LogP contribution in [-0.2, 0) is 20.3 Å². The molecule has 2 aliphatic rings. The van der Waals surface area contributed by atoms with Crippen molar-refractivity contribution in [3.63, 3.8) is 0 Å². The number of benzene rings is 2. The fraction of sp³-hybridized carbons (Fsp3) is 0.167. The predicted octanol–water partition coefficient (Wildman–Crippen LogP) is 6.89. The van der Waals surface area contributed by atoms with Gasteiger partial charge < -0.3 is 0 Å². The van der Waals surface area contributed by atoms with Crippen molar-refractivity contribution in [1.82, 2.24) is 0 Å². The Kier molecular flexibility index (Phi) is 4.61. The predicted molar refractivity (Wildman–Crippen MR) is 106 cm³/mol. The van der Waals surface area contributed by atoms with Crippen LogP contribution in [0.4, 0.5) is 0 Å². The van der Waals surface area contributed by atoms with E-state index in [0.29, 0.717) is 7.25 Å². The molecule has 0 fully saturated rings. The van der Waals surface area contributed by atoms with Crippen LogP contribution in [0.25, 0.3) is 12.2 Å². The van der Waals surface area contributed by atoms with Gasteiger partial charge in [0.25, 0.3) is 0 Å². The molecule has 0 amide bonds. The summed E-state index contributed by atoms with van der Waals surface area (Å²) in [5.74, 6) is 0. The molecule has 2 atom stereocenters. The van der Waals surface area contributed by atoms with Crippen molar-refractivity contribution in [2.45, 2.75) is 15.5 Å². The van der Waals surface area contributed by atoms with Crippen LogP contribution in [0, 0.1) is 0 Å². The molecule has 0 saturated carbocycles. The van der Waals surface area contributed by atoms with Gasteiger partial charge in [-0.15, -0.1) is 0 Å². The summed E-state index contributed by atoms with van der Waals surface area (Å²) in [5, 5.41) is 0. The van der Waals surface area contributed by atoms with Gasteiger partial charge in [0, 0.05) is 0 Å². The second-order valence-electron chi connectivity index (χ2n) is 7.15. The summed E-state index contributed by atoms with van der Waals surface area (Å²) in [5.41, 5.74) is 5.86. The summed E-state index contributed by atoms with van der Waals surface area (Å²) in [7, 11) is 0. The zero-order valence-electron chi connectivity index (χ0n) is 14.6. The molecule has 2 aromatic rings. The van der Waals surface area contributed by atoms with Crippen molar-refractivity contribution in [3.8, 4) is 0 Å². The molecule has 0 spiro atoms. The number of hydrogen-bond acceptors (Lipinski definition) is 0. The monoisotopic (exact) mass is 402 g/mol. The van der Waals surface area contributed by atoms with E-state index in [4.69, 9.17) is 0 Å². The van der Waals surface area contributed by atoms with Gasteiger partial charge in [-0.2, -0.15) is 0 Å². The van der Waals surface area contributed by atoms with Crippen LogP contribution >= 0.6 is 0 Å². The van der Waals surface area contributed by atoms with Crippen LogP contribution in [-0.4, -0.2) is 0 Å². The van der Waals surface area contributed by atoms with Crippen molar-refractivity contribution < 1.29 is 20.3 Å². The third kappa shape index (κ3) is 2.70. The maximum atomic E-state index is 4.15. The Bertz CT molecular complexity index is 798. The topological polar surface area (TPSA) is 0 Å². The van der Waals surface area contributed by atoms with Gasteiger partial charge in [0.2, 0.25) is 0 Å². The van der Waals surface area contributed by atoms with E-state index in [9.17, 15) is 0 Å². The molecule has 2 aromatic carbocycles. The molecule has 0 saturated heterocycles. The van der Waals surface area contributed by atoms with Gasteiger partial charge in [0.15, 0.2) is 0 Å². The summed E-state index contributed by atoms with van der Waals surface area (Å²) in [6.07, 6.45) is 14.0. The molecule has 0 N–H and O–H groups in total. The Morgan fingerprint density at radius 1 is 0.720 bits per heavy atom. The van der Waals surface area contributed by atoms with E-state index >= 15 is 0 Å². The zero-order valence-corrected chi connectivity index (χ0v) is 17.0. The van der Waals surface area contributed by atoms with Crippen molar-refractivity contribution in [3.05, 3.63) is 108 Å². The first-order valence-electron chi connectivity index (χ1n) is 9.06. The molecule has 0 aliphatic heterocycles. The van der Waals surface area contributed by atoms with Crippen molar-refractivity contribution in [2.75, 3.05) is 0 Å².